The van der Waals surface area contributed by atoms with Crippen molar-refractivity contribution in [2.45, 2.75) is 21.6 Å². The zero-order valence-electron chi connectivity index (χ0n) is 4.85. The monoisotopic (exact) mass is 334 g/mol. The highest BCUT2D eigenvalue weighted by atomic mass is 127. The molecule has 6 heteroatoms. The van der Waals surface area contributed by atoms with Crippen molar-refractivity contribution in [1.29, 1.82) is 0 Å². The first kappa shape index (κ1) is 10.9. The third kappa shape index (κ3) is 2.21. The smallest absolute Gasteiger partial charge is 0.198 e. The summed E-state index contributed by atoms with van der Waals surface area (Å²) >= 11 is 2.82. The fourth-order valence-corrected chi connectivity index (χ4v) is 1.41. The Labute approximate surface area is 77.6 Å². The second-order valence-electron chi connectivity index (χ2n) is 1.74. The van der Waals surface area contributed by atoms with E-state index in [4.69, 9.17) is 0 Å². The molecule has 0 aromatic heterocycles. The molecule has 10 heavy (non-hydrogen) atoms. The maximum absolute atomic E-state index is 12.2. The summed E-state index contributed by atoms with van der Waals surface area (Å²) in [6.45, 7) is 0.979. The molecule has 1 unspecified atom stereocenters. The lowest BCUT2D eigenvalue weighted by Crippen LogP contribution is -2.41. The topological polar surface area (TPSA) is 0 Å². The van der Waals surface area contributed by atoms with Crippen LogP contribution in [0.2, 0.25) is 0 Å². The van der Waals surface area contributed by atoms with E-state index in [9.17, 15) is 17.6 Å². The van der Waals surface area contributed by atoms with Gasteiger partial charge in [0.05, 0.1) is 4.83 Å². The summed E-state index contributed by atoms with van der Waals surface area (Å²) in [7, 11) is 0. The van der Waals surface area contributed by atoms with Gasteiger partial charge >= 0.3 is 9.85 Å². The summed E-state index contributed by atoms with van der Waals surface area (Å²) in [5, 5.41) is 0. The molecule has 0 rings (SSSR count). The predicted octanol–water partition coefficient (Wildman–Crippen LogP) is 3.43. The molecule has 0 aliphatic carbocycles. The highest BCUT2D eigenvalue weighted by Gasteiger charge is 2.57. The lowest BCUT2D eigenvalue weighted by Gasteiger charge is -2.23. The van der Waals surface area contributed by atoms with Gasteiger partial charge in [-0.25, -0.2) is 0 Å². The molecule has 0 aromatic carbocycles. The third-order valence-electron chi connectivity index (χ3n) is 0.878. The average Bonchev–Trinajstić information content (AvgIpc) is 1.62. The molecule has 0 heterocycles. The molecule has 0 aromatic rings. The molecule has 0 saturated carbocycles. The summed E-state index contributed by atoms with van der Waals surface area (Å²) in [6, 6.07) is 0. The van der Waals surface area contributed by atoms with Gasteiger partial charge in [-0.2, -0.15) is 17.6 Å². The van der Waals surface area contributed by atoms with Gasteiger partial charge in [-0.05, 0) is 6.92 Å². The average molecular weight is 335 g/mol. The fourth-order valence-electron chi connectivity index (χ4n) is 0.226. The van der Waals surface area contributed by atoms with Crippen LogP contribution in [0, 0.1) is 0 Å². The third-order valence-corrected chi connectivity index (χ3v) is 2.17. The van der Waals surface area contributed by atoms with Gasteiger partial charge in [0.1, 0.15) is 0 Å². The molecule has 0 saturated heterocycles. The first-order valence-corrected chi connectivity index (χ1v) is 4.27. The van der Waals surface area contributed by atoms with Crippen molar-refractivity contribution in [3.8, 4) is 0 Å². The Hall–Kier alpha value is 0.930. The molecule has 0 radical (unpaired) electrons. The number of halogens is 6. The predicted molar refractivity (Wildman–Crippen MR) is 42.3 cm³/mol. The Morgan fingerprint density at radius 2 is 1.60 bits per heavy atom. The normalized spacial score (nSPS) is 17.1. The van der Waals surface area contributed by atoms with Crippen molar-refractivity contribution >= 4 is 38.5 Å². The first-order chi connectivity index (χ1) is 4.19. The van der Waals surface area contributed by atoms with E-state index in [0.29, 0.717) is 22.6 Å². The van der Waals surface area contributed by atoms with Crippen molar-refractivity contribution < 1.29 is 17.6 Å². The number of rotatable bonds is 2. The lowest BCUT2D eigenvalue weighted by molar-refractivity contribution is -0.136. The summed E-state index contributed by atoms with van der Waals surface area (Å²) in [5.74, 6) is -3.99. The van der Waals surface area contributed by atoms with Gasteiger partial charge in [-0.15, -0.1) is 0 Å². The highest BCUT2D eigenvalue weighted by molar-refractivity contribution is 14.1. The van der Waals surface area contributed by atoms with Crippen LogP contribution in [-0.4, -0.2) is 14.7 Å². The molecule has 0 aliphatic rings. The van der Waals surface area contributed by atoms with Crippen molar-refractivity contribution in [3.05, 3.63) is 0 Å². The van der Waals surface area contributed by atoms with E-state index in [2.05, 4.69) is 15.9 Å². The van der Waals surface area contributed by atoms with Crippen molar-refractivity contribution in [1.82, 2.24) is 0 Å². The number of hydrogen-bond acceptors (Lipinski definition) is 0. The van der Waals surface area contributed by atoms with Gasteiger partial charge in [-0.3, -0.25) is 0 Å². The van der Waals surface area contributed by atoms with Crippen LogP contribution in [0.4, 0.5) is 17.6 Å². The minimum Gasteiger partial charge on any atom is -0.198 e. The molecule has 0 nitrogen and oxygen atoms in total. The van der Waals surface area contributed by atoms with Crippen LogP contribution < -0.4 is 0 Å². The Kier molecular flexibility index (Phi) is 3.41. The van der Waals surface area contributed by atoms with Crippen LogP contribution in [0.5, 0.6) is 0 Å². The minimum atomic E-state index is -3.99. The summed E-state index contributed by atoms with van der Waals surface area (Å²) in [4.78, 5) is -1.52. The largest absolute Gasteiger partial charge is 0.359 e. The van der Waals surface area contributed by atoms with E-state index in [-0.39, 0.29) is 0 Å². The van der Waals surface area contributed by atoms with Gasteiger partial charge in [0.15, 0.2) is 0 Å². The van der Waals surface area contributed by atoms with Gasteiger partial charge in [0, 0.05) is 22.6 Å². The SMILES string of the molecule is CC(Br)C(F)(F)C(F)(F)I. The molecule has 0 fully saturated rings. The van der Waals surface area contributed by atoms with Crippen LogP contribution in [0.1, 0.15) is 6.92 Å². The standard InChI is InChI=1S/C4H4BrF4I/c1-2(5)3(6,7)4(8,9)10/h2H,1H3. The maximum atomic E-state index is 12.2. The van der Waals surface area contributed by atoms with Crippen molar-refractivity contribution in [2.24, 2.45) is 0 Å². The zero-order valence-corrected chi connectivity index (χ0v) is 8.59. The second kappa shape index (κ2) is 3.12. The van der Waals surface area contributed by atoms with Crippen molar-refractivity contribution in [3.63, 3.8) is 0 Å². The summed E-state index contributed by atoms with van der Waals surface area (Å²) in [5.41, 5.74) is 0. The van der Waals surface area contributed by atoms with Crippen LogP contribution in [-0.2, 0) is 0 Å². The quantitative estimate of drug-likeness (QED) is 0.412. The maximum Gasteiger partial charge on any atom is 0.359 e. The molecule has 62 valence electrons. The van der Waals surface area contributed by atoms with E-state index in [1.807, 2.05) is 0 Å². The minimum absolute atomic E-state index is 0.421. The number of hydrogen-bond donors (Lipinski definition) is 0. The lowest BCUT2D eigenvalue weighted by atomic mass is 10.3. The Morgan fingerprint density at radius 1 is 1.30 bits per heavy atom. The van der Waals surface area contributed by atoms with E-state index in [0.717, 1.165) is 6.92 Å². The van der Waals surface area contributed by atoms with Gasteiger partial charge < -0.3 is 0 Å². The van der Waals surface area contributed by atoms with E-state index >= 15 is 0 Å². The summed E-state index contributed by atoms with van der Waals surface area (Å²) in [6.07, 6.45) is 0. The van der Waals surface area contributed by atoms with Crippen LogP contribution in [0.3, 0.4) is 0 Å². The Morgan fingerprint density at radius 3 is 1.60 bits per heavy atom. The zero-order chi connectivity index (χ0) is 8.58. The molecule has 0 bridgehead atoms. The molecular formula is C4H4BrF4I. The molecule has 0 N–H and O–H groups in total. The summed E-state index contributed by atoms with van der Waals surface area (Å²) < 4.78 is 44.4. The van der Waals surface area contributed by atoms with E-state index in [1.54, 1.807) is 0 Å². The first-order valence-electron chi connectivity index (χ1n) is 2.28. The van der Waals surface area contributed by atoms with Crippen molar-refractivity contribution in [2.75, 3.05) is 0 Å². The van der Waals surface area contributed by atoms with Gasteiger partial charge in [-0.1, -0.05) is 15.9 Å². The molecule has 0 spiro atoms. The van der Waals surface area contributed by atoms with E-state index < -0.39 is 14.7 Å². The van der Waals surface area contributed by atoms with Crippen LogP contribution >= 0.6 is 38.5 Å². The van der Waals surface area contributed by atoms with Gasteiger partial charge in [0.25, 0.3) is 0 Å². The Bertz CT molecular complexity index is 119. The van der Waals surface area contributed by atoms with Gasteiger partial charge in [0.2, 0.25) is 0 Å². The molecular weight excluding hydrogens is 331 g/mol. The molecule has 0 aliphatic heterocycles. The second-order valence-corrected chi connectivity index (χ2v) is 4.47. The highest BCUT2D eigenvalue weighted by Crippen LogP contribution is 2.44. The van der Waals surface area contributed by atoms with Crippen LogP contribution in [0.25, 0.3) is 0 Å². The molecule has 1 atom stereocenters. The fraction of sp³-hybridized carbons (Fsp3) is 1.00. The Balaban J connectivity index is 4.40. The molecule has 0 amide bonds. The number of alkyl halides is 6. The van der Waals surface area contributed by atoms with E-state index in [1.165, 1.54) is 0 Å². The van der Waals surface area contributed by atoms with Crippen LogP contribution in [0.15, 0.2) is 0 Å².